The number of carbonyl (C=O) groups excluding carboxylic acids is 1. The molecule has 0 spiro atoms. The highest BCUT2D eigenvalue weighted by atomic mass is 32.2. The first-order valence-corrected chi connectivity index (χ1v) is 12.3. The summed E-state index contributed by atoms with van der Waals surface area (Å²) in [6.07, 6.45) is 0.0470. The van der Waals surface area contributed by atoms with Gasteiger partial charge in [-0.3, -0.25) is 4.79 Å². The van der Waals surface area contributed by atoms with Crippen molar-refractivity contribution in [1.29, 1.82) is 0 Å². The Hall–Kier alpha value is -3.13. The summed E-state index contributed by atoms with van der Waals surface area (Å²) in [4.78, 5) is 12.7. The summed E-state index contributed by atoms with van der Waals surface area (Å²) in [7, 11) is -3.31. The van der Waals surface area contributed by atoms with Crippen LogP contribution in [0.4, 0.5) is 13.2 Å². The summed E-state index contributed by atoms with van der Waals surface area (Å²) in [5.74, 6) is -2.54. The average Bonchev–Trinajstić information content (AvgIpc) is 2.75. The molecule has 0 aliphatic rings. The molecule has 0 bridgehead atoms. The molecule has 0 atom stereocenters. The zero-order valence-corrected chi connectivity index (χ0v) is 19.9. The number of halogens is 3. The molecule has 3 aromatic carbocycles. The van der Waals surface area contributed by atoms with E-state index in [1.807, 2.05) is 0 Å². The molecule has 180 valence electrons. The van der Waals surface area contributed by atoms with Gasteiger partial charge in [0.25, 0.3) is 0 Å². The average molecular weight is 491 g/mol. The SMILES string of the molecule is CCS(=O)(=O)c1ccc(CC(=O)Cc2ccc(OC(C)(C)c3ccc(F)cc3F)c(F)c2)cc1. The third-order valence-electron chi connectivity index (χ3n) is 5.41. The number of sulfone groups is 1. The van der Waals surface area contributed by atoms with Gasteiger partial charge >= 0.3 is 0 Å². The summed E-state index contributed by atoms with van der Waals surface area (Å²) in [6, 6.07) is 13.3. The van der Waals surface area contributed by atoms with E-state index in [0.717, 1.165) is 12.1 Å². The molecule has 0 aliphatic carbocycles. The number of carbonyl (C=O) groups is 1. The minimum Gasteiger partial charge on any atom is -0.480 e. The van der Waals surface area contributed by atoms with E-state index in [0.29, 0.717) is 11.1 Å². The van der Waals surface area contributed by atoms with Crippen LogP contribution in [0.1, 0.15) is 37.5 Å². The minimum absolute atomic E-state index is 0.00737. The number of ether oxygens (including phenoxy) is 1. The van der Waals surface area contributed by atoms with Gasteiger partial charge in [-0.25, -0.2) is 21.6 Å². The van der Waals surface area contributed by atoms with Crippen molar-refractivity contribution in [3.63, 3.8) is 0 Å². The first-order valence-electron chi connectivity index (χ1n) is 10.7. The van der Waals surface area contributed by atoms with Crippen LogP contribution < -0.4 is 4.74 Å². The molecule has 0 saturated carbocycles. The van der Waals surface area contributed by atoms with Crippen molar-refractivity contribution >= 4 is 15.6 Å². The van der Waals surface area contributed by atoms with Crippen LogP contribution in [0.15, 0.2) is 65.6 Å². The van der Waals surface area contributed by atoms with E-state index in [9.17, 15) is 26.4 Å². The van der Waals surface area contributed by atoms with Crippen molar-refractivity contribution in [2.24, 2.45) is 0 Å². The molecule has 0 radical (unpaired) electrons. The largest absolute Gasteiger partial charge is 0.480 e. The quantitative estimate of drug-likeness (QED) is 0.394. The van der Waals surface area contributed by atoms with Crippen LogP contribution in [0.5, 0.6) is 5.75 Å². The van der Waals surface area contributed by atoms with Crippen molar-refractivity contribution < 1.29 is 31.1 Å². The van der Waals surface area contributed by atoms with E-state index in [4.69, 9.17) is 4.74 Å². The summed E-state index contributed by atoms with van der Waals surface area (Å²) in [5.41, 5.74) is -0.104. The van der Waals surface area contributed by atoms with Crippen LogP contribution in [-0.2, 0) is 33.1 Å². The Bertz CT molecular complexity index is 1300. The lowest BCUT2D eigenvalue weighted by molar-refractivity contribution is -0.117. The van der Waals surface area contributed by atoms with Gasteiger partial charge in [-0.1, -0.05) is 25.1 Å². The van der Waals surface area contributed by atoms with Crippen molar-refractivity contribution in [3.8, 4) is 5.75 Å². The van der Waals surface area contributed by atoms with Crippen molar-refractivity contribution in [2.75, 3.05) is 5.75 Å². The Kier molecular flexibility index (Phi) is 7.51. The fraction of sp³-hybridized carbons (Fsp3) is 0.269. The number of benzene rings is 3. The first-order chi connectivity index (χ1) is 15.9. The van der Waals surface area contributed by atoms with Gasteiger partial charge in [-0.15, -0.1) is 0 Å². The summed E-state index contributed by atoms with van der Waals surface area (Å²) >= 11 is 0. The zero-order chi connectivity index (χ0) is 25.1. The smallest absolute Gasteiger partial charge is 0.178 e. The molecule has 3 aromatic rings. The van der Waals surface area contributed by atoms with E-state index in [-0.39, 0.29) is 40.6 Å². The Morgan fingerprint density at radius 3 is 2.06 bits per heavy atom. The van der Waals surface area contributed by atoms with E-state index in [1.54, 1.807) is 25.1 Å². The molecule has 34 heavy (non-hydrogen) atoms. The Balaban J connectivity index is 1.67. The lowest BCUT2D eigenvalue weighted by atomic mass is 9.97. The topological polar surface area (TPSA) is 60.4 Å². The van der Waals surface area contributed by atoms with Gasteiger partial charge in [0.15, 0.2) is 21.4 Å². The number of hydrogen-bond donors (Lipinski definition) is 0. The zero-order valence-electron chi connectivity index (χ0n) is 19.1. The Morgan fingerprint density at radius 2 is 1.47 bits per heavy atom. The molecule has 0 fully saturated rings. The number of hydrogen-bond acceptors (Lipinski definition) is 4. The second-order valence-electron chi connectivity index (χ2n) is 8.44. The third-order valence-corrected chi connectivity index (χ3v) is 7.16. The molecule has 0 heterocycles. The van der Waals surface area contributed by atoms with Crippen LogP contribution in [0, 0.1) is 17.5 Å². The lowest BCUT2D eigenvalue weighted by Crippen LogP contribution is -2.27. The maximum absolute atomic E-state index is 14.7. The first kappa shape index (κ1) is 25.5. The molecular weight excluding hydrogens is 465 g/mol. The molecule has 0 aliphatic heterocycles. The molecule has 0 aromatic heterocycles. The normalized spacial score (nSPS) is 11.9. The van der Waals surface area contributed by atoms with Gasteiger partial charge in [0.1, 0.15) is 23.0 Å². The van der Waals surface area contributed by atoms with Crippen LogP contribution >= 0.6 is 0 Å². The summed E-state index contributed by atoms with van der Waals surface area (Å²) < 4.78 is 71.5. The highest BCUT2D eigenvalue weighted by molar-refractivity contribution is 7.91. The second-order valence-corrected chi connectivity index (χ2v) is 10.7. The van der Waals surface area contributed by atoms with Crippen LogP contribution in [0.3, 0.4) is 0 Å². The summed E-state index contributed by atoms with van der Waals surface area (Å²) in [6.45, 7) is 4.64. The van der Waals surface area contributed by atoms with Crippen LogP contribution in [0.25, 0.3) is 0 Å². The van der Waals surface area contributed by atoms with Crippen molar-refractivity contribution in [2.45, 2.75) is 44.1 Å². The molecule has 0 unspecified atom stereocenters. The van der Waals surface area contributed by atoms with Crippen molar-refractivity contribution in [3.05, 3.63) is 94.8 Å². The van der Waals surface area contributed by atoms with Gasteiger partial charge in [0.05, 0.1) is 10.6 Å². The Morgan fingerprint density at radius 1 is 0.853 bits per heavy atom. The molecule has 0 amide bonds. The van der Waals surface area contributed by atoms with Crippen LogP contribution in [-0.4, -0.2) is 20.0 Å². The van der Waals surface area contributed by atoms with Crippen LogP contribution in [0.2, 0.25) is 0 Å². The minimum atomic E-state index is -3.31. The molecular formula is C26H25F3O4S. The molecule has 3 rings (SSSR count). The van der Waals surface area contributed by atoms with Crippen molar-refractivity contribution in [1.82, 2.24) is 0 Å². The highest BCUT2D eigenvalue weighted by Gasteiger charge is 2.28. The fourth-order valence-electron chi connectivity index (χ4n) is 3.54. The van der Waals surface area contributed by atoms with E-state index >= 15 is 0 Å². The van der Waals surface area contributed by atoms with E-state index < -0.39 is 32.9 Å². The predicted molar refractivity (Wildman–Crippen MR) is 123 cm³/mol. The van der Waals surface area contributed by atoms with Gasteiger partial charge in [0.2, 0.25) is 0 Å². The van der Waals surface area contributed by atoms with E-state index in [2.05, 4.69) is 0 Å². The monoisotopic (exact) mass is 490 g/mol. The molecule has 4 nitrogen and oxygen atoms in total. The molecule has 0 saturated heterocycles. The van der Waals surface area contributed by atoms with Gasteiger partial charge < -0.3 is 4.74 Å². The number of ketones is 1. The van der Waals surface area contributed by atoms with Gasteiger partial charge in [0, 0.05) is 24.5 Å². The van der Waals surface area contributed by atoms with E-state index in [1.165, 1.54) is 44.2 Å². The van der Waals surface area contributed by atoms with Gasteiger partial charge in [-0.2, -0.15) is 0 Å². The predicted octanol–water partition coefficient (Wildman–Crippen LogP) is 5.57. The molecule has 8 heteroatoms. The number of Topliss-reactive ketones (excluding diaryl/α,β-unsaturated/α-hetero) is 1. The lowest BCUT2D eigenvalue weighted by Gasteiger charge is -2.27. The molecule has 0 N–H and O–H groups in total. The Labute approximate surface area is 197 Å². The number of rotatable bonds is 9. The summed E-state index contributed by atoms with van der Waals surface area (Å²) in [5, 5.41) is 0. The second kappa shape index (κ2) is 10.0. The third kappa shape index (κ3) is 6.05. The maximum atomic E-state index is 14.7. The highest BCUT2D eigenvalue weighted by Crippen LogP contribution is 2.31. The van der Waals surface area contributed by atoms with Gasteiger partial charge in [-0.05, 0) is 61.4 Å². The standard InChI is InChI=1S/C26H25F3O4S/c1-4-34(31,32)21-9-5-17(6-10-21)13-20(30)14-18-7-12-25(24(29)15-18)33-26(2,3)22-11-8-19(27)16-23(22)28/h5-12,15-16H,4,13-14H2,1-3H3. The fourth-order valence-corrected chi connectivity index (χ4v) is 4.43. The maximum Gasteiger partial charge on any atom is 0.178 e.